The van der Waals surface area contributed by atoms with E-state index < -0.39 is 0 Å². The highest BCUT2D eigenvalue weighted by molar-refractivity contribution is 5.76. The minimum Gasteiger partial charge on any atom is -0.340 e. The first kappa shape index (κ1) is 16.1. The lowest BCUT2D eigenvalue weighted by Gasteiger charge is -2.39. The van der Waals surface area contributed by atoms with Crippen molar-refractivity contribution in [2.75, 3.05) is 26.2 Å². The number of likely N-dealkylation sites (tertiary alicyclic amines) is 2. The Morgan fingerprint density at radius 2 is 1.83 bits per heavy atom. The van der Waals surface area contributed by atoms with E-state index in [4.69, 9.17) is 0 Å². The molecule has 0 aromatic carbocycles. The second-order valence-corrected chi connectivity index (χ2v) is 7.70. The molecule has 2 aliphatic heterocycles. The zero-order valence-electron chi connectivity index (χ0n) is 14.6. The van der Waals surface area contributed by atoms with Gasteiger partial charge in [-0.25, -0.2) is 4.68 Å². The number of rotatable bonds is 4. The Morgan fingerprint density at radius 3 is 2.58 bits per heavy atom. The van der Waals surface area contributed by atoms with E-state index in [0.717, 1.165) is 25.2 Å². The van der Waals surface area contributed by atoms with Gasteiger partial charge < -0.3 is 4.90 Å². The Kier molecular flexibility index (Phi) is 4.83. The maximum Gasteiger partial charge on any atom is 0.244 e. The molecule has 0 unspecified atom stereocenters. The molecule has 1 aromatic rings. The molecule has 3 heterocycles. The van der Waals surface area contributed by atoms with Gasteiger partial charge in [-0.05, 0) is 51.6 Å². The Hall–Kier alpha value is -1.43. The van der Waals surface area contributed by atoms with Gasteiger partial charge >= 0.3 is 0 Å². The summed E-state index contributed by atoms with van der Waals surface area (Å²) in [5, 5.41) is 8.35. The molecular formula is C18H29N5O. The van der Waals surface area contributed by atoms with Gasteiger partial charge in [0.2, 0.25) is 5.91 Å². The Labute approximate surface area is 144 Å². The van der Waals surface area contributed by atoms with Gasteiger partial charge in [0.1, 0.15) is 6.54 Å². The van der Waals surface area contributed by atoms with Gasteiger partial charge in [0.05, 0.1) is 5.69 Å². The lowest BCUT2D eigenvalue weighted by atomic mass is 10.0. The highest BCUT2D eigenvalue weighted by Gasteiger charge is 2.29. The molecule has 0 N–H and O–H groups in total. The highest BCUT2D eigenvalue weighted by atomic mass is 16.2. The van der Waals surface area contributed by atoms with Crippen LogP contribution in [0.5, 0.6) is 0 Å². The maximum atomic E-state index is 12.7. The molecule has 132 valence electrons. The predicted octanol–water partition coefficient (Wildman–Crippen LogP) is 2.02. The van der Waals surface area contributed by atoms with Crippen molar-refractivity contribution >= 4 is 5.91 Å². The van der Waals surface area contributed by atoms with Gasteiger partial charge in [-0.15, -0.1) is 5.10 Å². The van der Waals surface area contributed by atoms with E-state index in [2.05, 4.69) is 20.1 Å². The van der Waals surface area contributed by atoms with E-state index in [9.17, 15) is 4.79 Å². The summed E-state index contributed by atoms with van der Waals surface area (Å²) in [6.45, 7) is 4.55. The fourth-order valence-corrected chi connectivity index (χ4v) is 4.14. The summed E-state index contributed by atoms with van der Waals surface area (Å²) in [6.07, 6.45) is 12.1. The van der Waals surface area contributed by atoms with Crippen LogP contribution >= 0.6 is 0 Å². The summed E-state index contributed by atoms with van der Waals surface area (Å²) in [5.74, 6) is 0.790. The van der Waals surface area contributed by atoms with Gasteiger partial charge in [0.15, 0.2) is 0 Å². The quantitative estimate of drug-likeness (QED) is 0.847. The van der Waals surface area contributed by atoms with Crippen molar-refractivity contribution in [2.24, 2.45) is 0 Å². The summed E-state index contributed by atoms with van der Waals surface area (Å²) >= 11 is 0. The van der Waals surface area contributed by atoms with Crippen molar-refractivity contribution in [3.8, 4) is 0 Å². The number of aromatic nitrogens is 3. The van der Waals surface area contributed by atoms with Crippen LogP contribution in [0.25, 0.3) is 0 Å². The maximum absolute atomic E-state index is 12.7. The van der Waals surface area contributed by atoms with Crippen molar-refractivity contribution in [2.45, 2.75) is 69.9 Å². The summed E-state index contributed by atoms with van der Waals surface area (Å²) in [6, 6.07) is 0.554. The van der Waals surface area contributed by atoms with Crippen molar-refractivity contribution in [1.29, 1.82) is 0 Å². The normalized spacial score (nSPS) is 26.3. The van der Waals surface area contributed by atoms with Crippen LogP contribution in [0.3, 0.4) is 0 Å². The minimum atomic E-state index is 0.196. The molecule has 3 fully saturated rings. The second kappa shape index (κ2) is 7.21. The SMILES string of the molecule is O=C(Cn1cc(C2CC2)nn1)N1CCC[C@H](N2CCCCCC2)C1. The van der Waals surface area contributed by atoms with Crippen molar-refractivity contribution in [3.63, 3.8) is 0 Å². The average molecular weight is 331 g/mol. The molecule has 6 heteroatoms. The van der Waals surface area contributed by atoms with Crippen molar-refractivity contribution < 1.29 is 4.79 Å². The smallest absolute Gasteiger partial charge is 0.244 e. The first-order chi connectivity index (χ1) is 11.8. The third-order valence-electron chi connectivity index (χ3n) is 5.76. The van der Waals surface area contributed by atoms with Crippen LogP contribution in [0.2, 0.25) is 0 Å². The number of carbonyl (C=O) groups is 1. The third-order valence-corrected chi connectivity index (χ3v) is 5.76. The monoisotopic (exact) mass is 331 g/mol. The molecule has 6 nitrogen and oxygen atoms in total. The topological polar surface area (TPSA) is 54.3 Å². The molecule has 3 aliphatic rings. The van der Waals surface area contributed by atoms with E-state index >= 15 is 0 Å². The van der Waals surface area contributed by atoms with E-state index in [1.165, 1.54) is 58.0 Å². The lowest BCUT2D eigenvalue weighted by Crippen LogP contribution is -2.50. The summed E-state index contributed by atoms with van der Waals surface area (Å²) in [4.78, 5) is 17.4. The molecule has 1 amide bonds. The van der Waals surface area contributed by atoms with Crippen LogP contribution in [0.15, 0.2) is 6.20 Å². The zero-order chi connectivity index (χ0) is 16.4. The van der Waals surface area contributed by atoms with E-state index in [0.29, 0.717) is 18.5 Å². The van der Waals surface area contributed by atoms with Crippen molar-refractivity contribution in [3.05, 3.63) is 11.9 Å². The highest BCUT2D eigenvalue weighted by Crippen LogP contribution is 2.38. The Balaban J connectivity index is 1.33. The van der Waals surface area contributed by atoms with Crippen LogP contribution in [0.1, 0.15) is 63.0 Å². The van der Waals surface area contributed by atoms with Gasteiger partial charge in [-0.3, -0.25) is 9.69 Å². The number of carbonyl (C=O) groups excluding carboxylic acids is 1. The first-order valence-corrected chi connectivity index (χ1v) is 9.71. The molecule has 0 spiro atoms. The first-order valence-electron chi connectivity index (χ1n) is 9.71. The summed E-state index contributed by atoms with van der Waals surface area (Å²) in [5.41, 5.74) is 1.06. The molecule has 1 aliphatic carbocycles. The van der Waals surface area contributed by atoms with Gasteiger partial charge in [-0.1, -0.05) is 18.1 Å². The van der Waals surface area contributed by atoms with Crippen molar-refractivity contribution in [1.82, 2.24) is 24.8 Å². The number of nitrogens with zero attached hydrogens (tertiary/aromatic N) is 5. The van der Waals surface area contributed by atoms with Crippen LogP contribution in [0.4, 0.5) is 0 Å². The Bertz CT molecular complexity index is 560. The van der Waals surface area contributed by atoms with Gasteiger partial charge in [-0.2, -0.15) is 0 Å². The van der Waals surface area contributed by atoms with Crippen LogP contribution < -0.4 is 0 Å². The molecular weight excluding hydrogens is 302 g/mol. The number of hydrogen-bond donors (Lipinski definition) is 0. The third kappa shape index (κ3) is 3.79. The van der Waals surface area contributed by atoms with Crippen LogP contribution in [-0.2, 0) is 11.3 Å². The summed E-state index contributed by atoms with van der Waals surface area (Å²) < 4.78 is 1.73. The molecule has 1 atom stereocenters. The van der Waals surface area contributed by atoms with Crippen LogP contribution in [0, 0.1) is 0 Å². The lowest BCUT2D eigenvalue weighted by molar-refractivity contribution is -0.134. The second-order valence-electron chi connectivity index (χ2n) is 7.70. The molecule has 2 saturated heterocycles. The van der Waals surface area contributed by atoms with E-state index in [1.807, 2.05) is 6.20 Å². The number of amides is 1. The van der Waals surface area contributed by atoms with E-state index in [1.54, 1.807) is 4.68 Å². The Morgan fingerprint density at radius 1 is 1.04 bits per heavy atom. The van der Waals surface area contributed by atoms with Gasteiger partial charge in [0.25, 0.3) is 0 Å². The predicted molar refractivity (Wildman–Crippen MR) is 91.6 cm³/mol. The molecule has 1 saturated carbocycles. The number of hydrogen-bond acceptors (Lipinski definition) is 4. The largest absolute Gasteiger partial charge is 0.340 e. The standard InChI is InChI=1S/C18H29N5O/c24-18(14-23-13-17(19-20-23)15-7-8-15)22-11-5-6-16(12-22)21-9-3-1-2-4-10-21/h13,15-16H,1-12,14H2/t16-/m0/s1. The molecule has 0 bridgehead atoms. The molecule has 24 heavy (non-hydrogen) atoms. The molecule has 0 radical (unpaired) electrons. The van der Waals surface area contributed by atoms with E-state index in [-0.39, 0.29) is 5.91 Å². The minimum absolute atomic E-state index is 0.196. The molecule has 1 aromatic heterocycles. The van der Waals surface area contributed by atoms with Crippen LogP contribution in [-0.4, -0.2) is 62.9 Å². The summed E-state index contributed by atoms with van der Waals surface area (Å²) in [7, 11) is 0. The fourth-order valence-electron chi connectivity index (χ4n) is 4.14. The molecule has 4 rings (SSSR count). The van der Waals surface area contributed by atoms with Gasteiger partial charge in [0, 0.05) is 31.2 Å². The number of piperidine rings is 1. The zero-order valence-corrected chi connectivity index (χ0v) is 14.6. The average Bonchev–Trinajstić information content (AvgIpc) is 3.40. The fraction of sp³-hybridized carbons (Fsp3) is 0.833.